The van der Waals surface area contributed by atoms with Gasteiger partial charge in [-0.3, -0.25) is 9.69 Å². The Hall–Kier alpha value is -1.79. The number of nitrogens with one attached hydrogen (secondary N) is 1. The molecule has 0 bridgehead atoms. The molecule has 1 amide bonds. The molecule has 0 spiro atoms. The molecule has 0 aliphatic carbocycles. The summed E-state index contributed by atoms with van der Waals surface area (Å²) in [5, 5.41) is 3.13. The predicted molar refractivity (Wildman–Crippen MR) is 112 cm³/mol. The van der Waals surface area contributed by atoms with E-state index in [1.165, 1.54) is 24.3 Å². The molecule has 0 saturated carbocycles. The summed E-state index contributed by atoms with van der Waals surface area (Å²) in [6.07, 6.45) is 8.41. The minimum absolute atomic E-state index is 0.101. The Balaban J connectivity index is 1.36. The molecule has 4 rings (SSSR count). The van der Waals surface area contributed by atoms with E-state index in [0.717, 1.165) is 43.1 Å². The fraction of sp³-hybridized carbons (Fsp3) is 0.524. The van der Waals surface area contributed by atoms with Gasteiger partial charge in [0.15, 0.2) is 0 Å². The number of anilines is 1. The fourth-order valence-corrected chi connectivity index (χ4v) is 5.28. The van der Waals surface area contributed by atoms with E-state index in [2.05, 4.69) is 27.0 Å². The minimum atomic E-state index is 0.101. The van der Waals surface area contributed by atoms with Crippen LogP contribution in [0.4, 0.5) is 5.69 Å². The molecule has 1 aromatic heterocycles. The van der Waals surface area contributed by atoms with Gasteiger partial charge in [0.1, 0.15) is 5.82 Å². The van der Waals surface area contributed by atoms with Gasteiger partial charge >= 0.3 is 0 Å². The first kappa shape index (κ1) is 18.6. The number of aryl methyl sites for hydroxylation is 1. The second kappa shape index (κ2) is 8.48. The summed E-state index contributed by atoms with van der Waals surface area (Å²) in [5.41, 5.74) is 1.93. The maximum Gasteiger partial charge on any atom is 0.228 e. The van der Waals surface area contributed by atoms with Crippen LogP contribution in [0.2, 0.25) is 0 Å². The van der Waals surface area contributed by atoms with Crippen molar-refractivity contribution in [2.75, 3.05) is 29.9 Å². The lowest BCUT2D eigenvalue weighted by Crippen LogP contribution is -2.47. The van der Waals surface area contributed by atoms with Crippen molar-refractivity contribution in [3.05, 3.63) is 42.5 Å². The van der Waals surface area contributed by atoms with E-state index < -0.39 is 0 Å². The van der Waals surface area contributed by atoms with Gasteiger partial charge < -0.3 is 9.88 Å². The molecule has 1 aromatic carbocycles. The van der Waals surface area contributed by atoms with Crippen molar-refractivity contribution in [1.29, 1.82) is 0 Å². The molecule has 27 heavy (non-hydrogen) atoms. The van der Waals surface area contributed by atoms with Gasteiger partial charge in [0, 0.05) is 36.4 Å². The molecule has 2 aromatic rings. The Morgan fingerprint density at radius 2 is 1.96 bits per heavy atom. The van der Waals surface area contributed by atoms with Gasteiger partial charge in [0.05, 0.1) is 5.92 Å². The van der Waals surface area contributed by atoms with Crippen LogP contribution in [-0.2, 0) is 4.79 Å². The fourth-order valence-electron chi connectivity index (χ4n) is 4.20. The molecule has 2 saturated heterocycles. The highest BCUT2D eigenvalue weighted by Gasteiger charge is 2.30. The zero-order valence-electron chi connectivity index (χ0n) is 15.9. The van der Waals surface area contributed by atoms with Crippen molar-refractivity contribution in [1.82, 2.24) is 14.5 Å². The number of likely N-dealkylation sites (tertiary alicyclic amines) is 1. The van der Waals surface area contributed by atoms with Gasteiger partial charge in [0.2, 0.25) is 5.91 Å². The Morgan fingerprint density at radius 3 is 2.67 bits per heavy atom. The van der Waals surface area contributed by atoms with E-state index in [-0.39, 0.29) is 11.8 Å². The first-order chi connectivity index (χ1) is 13.2. The molecular formula is C21H28N4OS. The van der Waals surface area contributed by atoms with Crippen LogP contribution in [0, 0.1) is 12.8 Å². The van der Waals surface area contributed by atoms with Crippen LogP contribution in [0.25, 0.3) is 5.69 Å². The number of nitrogens with zero attached hydrogens (tertiary/aromatic N) is 3. The average molecular weight is 385 g/mol. The third-order valence-corrected chi connectivity index (χ3v) is 6.82. The lowest BCUT2D eigenvalue weighted by Gasteiger charge is -2.39. The van der Waals surface area contributed by atoms with Crippen LogP contribution in [0.1, 0.15) is 31.5 Å². The van der Waals surface area contributed by atoms with Crippen molar-refractivity contribution < 1.29 is 4.79 Å². The topological polar surface area (TPSA) is 50.2 Å². The monoisotopic (exact) mass is 384 g/mol. The zero-order valence-corrected chi connectivity index (χ0v) is 16.8. The lowest BCUT2D eigenvalue weighted by atomic mass is 9.94. The van der Waals surface area contributed by atoms with Crippen LogP contribution in [-0.4, -0.2) is 51.0 Å². The number of hydrogen-bond donors (Lipinski definition) is 1. The Labute approximate surface area is 165 Å². The number of aromatic nitrogens is 2. The third kappa shape index (κ3) is 4.38. The number of piperidine rings is 1. The number of carbonyl (C=O) groups excluding carboxylic acids is 1. The predicted octanol–water partition coefficient (Wildman–Crippen LogP) is 3.73. The molecule has 0 unspecified atom stereocenters. The smallest absolute Gasteiger partial charge is 0.228 e. The molecule has 3 heterocycles. The van der Waals surface area contributed by atoms with Crippen LogP contribution >= 0.6 is 11.8 Å². The number of amides is 1. The van der Waals surface area contributed by atoms with Crippen LogP contribution in [0.15, 0.2) is 36.7 Å². The van der Waals surface area contributed by atoms with Crippen molar-refractivity contribution in [2.24, 2.45) is 5.92 Å². The molecule has 144 valence electrons. The molecule has 2 fully saturated rings. The van der Waals surface area contributed by atoms with Crippen molar-refractivity contribution in [3.63, 3.8) is 0 Å². The highest BCUT2D eigenvalue weighted by atomic mass is 32.2. The highest BCUT2D eigenvalue weighted by Crippen LogP contribution is 2.27. The number of rotatable bonds is 4. The van der Waals surface area contributed by atoms with Gasteiger partial charge in [-0.2, -0.15) is 11.8 Å². The first-order valence-corrected chi connectivity index (χ1v) is 11.1. The average Bonchev–Trinajstić information content (AvgIpc) is 3.15. The summed E-state index contributed by atoms with van der Waals surface area (Å²) in [4.78, 5) is 19.6. The summed E-state index contributed by atoms with van der Waals surface area (Å²) in [6, 6.07) is 8.69. The molecule has 6 heteroatoms. The largest absolute Gasteiger partial charge is 0.326 e. The minimum Gasteiger partial charge on any atom is -0.326 e. The van der Waals surface area contributed by atoms with Gasteiger partial charge in [-0.05, 0) is 74.9 Å². The van der Waals surface area contributed by atoms with Crippen LogP contribution in [0.5, 0.6) is 0 Å². The number of hydrogen-bond acceptors (Lipinski definition) is 4. The summed E-state index contributed by atoms with van der Waals surface area (Å²) in [7, 11) is 0. The lowest BCUT2D eigenvalue weighted by molar-refractivity contribution is -0.121. The first-order valence-electron chi connectivity index (χ1n) is 9.94. The van der Waals surface area contributed by atoms with E-state index in [4.69, 9.17) is 0 Å². The molecule has 1 N–H and O–H groups in total. The molecule has 0 radical (unpaired) electrons. The normalized spacial score (nSPS) is 21.9. The van der Waals surface area contributed by atoms with Gasteiger partial charge in [-0.25, -0.2) is 4.98 Å². The van der Waals surface area contributed by atoms with Gasteiger partial charge in [-0.1, -0.05) is 0 Å². The van der Waals surface area contributed by atoms with E-state index in [0.29, 0.717) is 6.04 Å². The zero-order chi connectivity index (χ0) is 18.6. The maximum absolute atomic E-state index is 12.8. The van der Waals surface area contributed by atoms with Crippen LogP contribution in [0.3, 0.4) is 0 Å². The molecule has 2 aliphatic rings. The van der Waals surface area contributed by atoms with Crippen LogP contribution < -0.4 is 5.32 Å². The summed E-state index contributed by atoms with van der Waals surface area (Å²) in [6.45, 7) is 4.04. The Bertz CT molecular complexity index is 767. The number of carbonyl (C=O) groups is 1. The number of benzene rings is 1. The van der Waals surface area contributed by atoms with Crippen molar-refractivity contribution >= 4 is 23.4 Å². The van der Waals surface area contributed by atoms with E-state index in [1.54, 1.807) is 6.20 Å². The molecular weight excluding hydrogens is 356 g/mol. The van der Waals surface area contributed by atoms with E-state index in [1.807, 2.05) is 42.0 Å². The number of imidazole rings is 1. The number of thioether (sulfide) groups is 1. The maximum atomic E-state index is 12.8. The second-order valence-corrected chi connectivity index (χ2v) is 8.78. The summed E-state index contributed by atoms with van der Waals surface area (Å²) >= 11 is 2.06. The summed E-state index contributed by atoms with van der Waals surface area (Å²) < 4.78 is 2.03. The SMILES string of the molecule is Cc1nccn1-c1ccc(NC(=O)[C@H]2CCCN(C3CCSCC3)C2)cc1. The van der Waals surface area contributed by atoms with E-state index >= 15 is 0 Å². The third-order valence-electron chi connectivity index (χ3n) is 5.77. The standard InChI is InChI=1S/C21H28N4OS/c1-16-22-10-12-25(16)20-6-4-18(5-7-20)23-21(26)17-3-2-11-24(15-17)19-8-13-27-14-9-19/h4-7,10,12,17,19H,2-3,8-9,11,13-15H2,1H3,(H,23,26)/t17-/m0/s1. The van der Waals surface area contributed by atoms with Crippen molar-refractivity contribution in [2.45, 2.75) is 38.6 Å². The Morgan fingerprint density at radius 1 is 1.19 bits per heavy atom. The molecule has 2 aliphatic heterocycles. The molecule has 1 atom stereocenters. The Kier molecular flexibility index (Phi) is 5.83. The highest BCUT2D eigenvalue weighted by molar-refractivity contribution is 7.99. The second-order valence-electron chi connectivity index (χ2n) is 7.56. The van der Waals surface area contributed by atoms with Gasteiger partial charge in [0.25, 0.3) is 0 Å². The molecule has 5 nitrogen and oxygen atoms in total. The summed E-state index contributed by atoms with van der Waals surface area (Å²) in [5.74, 6) is 3.75. The quantitative estimate of drug-likeness (QED) is 0.873. The van der Waals surface area contributed by atoms with Gasteiger partial charge in [-0.15, -0.1) is 0 Å². The van der Waals surface area contributed by atoms with E-state index in [9.17, 15) is 4.79 Å². The van der Waals surface area contributed by atoms with Crippen molar-refractivity contribution in [3.8, 4) is 5.69 Å².